The fourth-order valence-electron chi connectivity index (χ4n) is 3.86. The zero-order valence-electron chi connectivity index (χ0n) is 12.7. The quantitative estimate of drug-likeness (QED) is 0.855. The van der Waals surface area contributed by atoms with E-state index in [0.29, 0.717) is 6.04 Å². The lowest BCUT2D eigenvalue weighted by Gasteiger charge is -2.33. The topological polar surface area (TPSA) is 41.8 Å². The number of rotatable bonds is 3. The van der Waals surface area contributed by atoms with Crippen molar-refractivity contribution in [3.8, 4) is 0 Å². The van der Waals surface area contributed by atoms with Gasteiger partial charge in [-0.15, -0.1) is 0 Å². The summed E-state index contributed by atoms with van der Waals surface area (Å²) >= 11 is 0. The molecule has 0 spiro atoms. The second-order valence-electron chi connectivity index (χ2n) is 7.12. The molecule has 1 saturated carbocycles. The first-order chi connectivity index (χ1) is 9.56. The highest BCUT2D eigenvalue weighted by Gasteiger charge is 2.29. The molecule has 1 aliphatic carbocycles. The van der Waals surface area contributed by atoms with Gasteiger partial charge in [0.1, 0.15) is 0 Å². The SMILES string of the molecule is CC(C)(CC1CCC(N)CC1)c1c[nH]c2ccccc12. The number of aromatic nitrogens is 1. The van der Waals surface area contributed by atoms with E-state index < -0.39 is 0 Å². The number of para-hydroxylation sites is 1. The van der Waals surface area contributed by atoms with E-state index in [-0.39, 0.29) is 5.41 Å². The molecule has 0 aliphatic heterocycles. The molecular formula is C18H26N2. The average molecular weight is 270 g/mol. The molecule has 2 heteroatoms. The Morgan fingerprint density at radius 1 is 1.15 bits per heavy atom. The van der Waals surface area contributed by atoms with Gasteiger partial charge in [0.2, 0.25) is 0 Å². The lowest BCUT2D eigenvalue weighted by Crippen LogP contribution is -2.30. The molecule has 3 rings (SSSR count). The van der Waals surface area contributed by atoms with Crippen LogP contribution in [0.4, 0.5) is 0 Å². The van der Waals surface area contributed by atoms with Gasteiger partial charge < -0.3 is 10.7 Å². The summed E-state index contributed by atoms with van der Waals surface area (Å²) in [6, 6.07) is 9.07. The van der Waals surface area contributed by atoms with Gasteiger partial charge in [0.25, 0.3) is 0 Å². The molecule has 2 nitrogen and oxygen atoms in total. The van der Waals surface area contributed by atoms with Crippen molar-refractivity contribution in [2.75, 3.05) is 0 Å². The maximum Gasteiger partial charge on any atom is 0.0457 e. The van der Waals surface area contributed by atoms with E-state index in [1.165, 1.54) is 48.6 Å². The first-order valence-electron chi connectivity index (χ1n) is 7.88. The first-order valence-corrected chi connectivity index (χ1v) is 7.88. The van der Waals surface area contributed by atoms with Crippen molar-refractivity contribution in [1.29, 1.82) is 0 Å². The normalized spacial score (nSPS) is 24.1. The van der Waals surface area contributed by atoms with Crippen LogP contribution >= 0.6 is 0 Å². The third kappa shape index (κ3) is 2.62. The molecule has 0 amide bonds. The minimum absolute atomic E-state index is 0.228. The Morgan fingerprint density at radius 2 is 1.85 bits per heavy atom. The number of hydrogen-bond acceptors (Lipinski definition) is 1. The standard InChI is InChI=1S/C18H26N2/c1-18(2,11-13-7-9-14(19)10-8-13)16-12-20-17-6-4-3-5-15(16)17/h3-6,12-14,20H,7-11,19H2,1-2H3. The Balaban J connectivity index is 1.80. The molecule has 0 bridgehead atoms. The van der Waals surface area contributed by atoms with Gasteiger partial charge in [0.15, 0.2) is 0 Å². The van der Waals surface area contributed by atoms with E-state index in [4.69, 9.17) is 5.73 Å². The molecule has 108 valence electrons. The monoisotopic (exact) mass is 270 g/mol. The molecule has 1 aromatic heterocycles. The lowest BCUT2D eigenvalue weighted by atomic mass is 9.72. The van der Waals surface area contributed by atoms with E-state index >= 15 is 0 Å². The van der Waals surface area contributed by atoms with E-state index in [1.54, 1.807) is 0 Å². The van der Waals surface area contributed by atoms with Crippen molar-refractivity contribution in [3.05, 3.63) is 36.0 Å². The van der Waals surface area contributed by atoms with Crippen molar-refractivity contribution in [2.24, 2.45) is 11.7 Å². The third-order valence-corrected chi connectivity index (χ3v) is 5.01. The Morgan fingerprint density at radius 3 is 2.60 bits per heavy atom. The first kappa shape index (κ1) is 13.7. The zero-order valence-corrected chi connectivity index (χ0v) is 12.7. The van der Waals surface area contributed by atoms with Crippen LogP contribution in [0.25, 0.3) is 10.9 Å². The van der Waals surface area contributed by atoms with Crippen LogP contribution in [0.15, 0.2) is 30.5 Å². The van der Waals surface area contributed by atoms with Gasteiger partial charge in [0.05, 0.1) is 0 Å². The molecule has 2 aromatic rings. The Labute approximate surface area is 121 Å². The summed E-state index contributed by atoms with van der Waals surface area (Å²) in [6.07, 6.45) is 8.48. The molecule has 0 atom stereocenters. The van der Waals surface area contributed by atoms with Crippen LogP contribution in [0.2, 0.25) is 0 Å². The van der Waals surface area contributed by atoms with Crippen molar-refractivity contribution < 1.29 is 0 Å². The summed E-state index contributed by atoms with van der Waals surface area (Å²) in [5.41, 5.74) is 8.96. The molecule has 0 saturated heterocycles. The summed E-state index contributed by atoms with van der Waals surface area (Å²) in [5, 5.41) is 1.38. The van der Waals surface area contributed by atoms with E-state index in [2.05, 4.69) is 49.3 Å². The fraction of sp³-hybridized carbons (Fsp3) is 0.556. The predicted molar refractivity (Wildman–Crippen MR) is 85.9 cm³/mol. The van der Waals surface area contributed by atoms with E-state index in [9.17, 15) is 0 Å². The van der Waals surface area contributed by atoms with Gasteiger partial charge in [-0.25, -0.2) is 0 Å². The predicted octanol–water partition coefficient (Wildman–Crippen LogP) is 4.35. The van der Waals surface area contributed by atoms with Crippen LogP contribution in [-0.2, 0) is 5.41 Å². The number of benzene rings is 1. The summed E-state index contributed by atoms with van der Waals surface area (Å²) in [7, 11) is 0. The van der Waals surface area contributed by atoms with Crippen LogP contribution in [-0.4, -0.2) is 11.0 Å². The van der Waals surface area contributed by atoms with Gasteiger partial charge in [-0.2, -0.15) is 0 Å². The molecule has 1 aromatic carbocycles. The van der Waals surface area contributed by atoms with Crippen molar-refractivity contribution in [3.63, 3.8) is 0 Å². The molecule has 0 unspecified atom stereocenters. The second-order valence-corrected chi connectivity index (χ2v) is 7.12. The Hall–Kier alpha value is -1.28. The van der Waals surface area contributed by atoms with E-state index in [1.807, 2.05) is 0 Å². The number of hydrogen-bond donors (Lipinski definition) is 2. The number of fused-ring (bicyclic) bond motifs is 1. The van der Waals surface area contributed by atoms with Gasteiger partial charge >= 0.3 is 0 Å². The van der Waals surface area contributed by atoms with Crippen molar-refractivity contribution in [2.45, 2.75) is 57.4 Å². The Bertz CT molecular complexity index is 574. The molecule has 3 N–H and O–H groups in total. The largest absolute Gasteiger partial charge is 0.361 e. The summed E-state index contributed by atoms with van der Waals surface area (Å²) in [4.78, 5) is 3.42. The van der Waals surface area contributed by atoms with Crippen LogP contribution in [0.3, 0.4) is 0 Å². The molecule has 1 fully saturated rings. The molecular weight excluding hydrogens is 244 g/mol. The van der Waals surface area contributed by atoms with Gasteiger partial charge in [-0.3, -0.25) is 0 Å². The highest BCUT2D eigenvalue weighted by Crippen LogP contribution is 2.39. The summed E-state index contributed by atoms with van der Waals surface area (Å²) in [6.45, 7) is 4.77. The van der Waals surface area contributed by atoms with Crippen LogP contribution in [0.5, 0.6) is 0 Å². The van der Waals surface area contributed by atoms with Gasteiger partial charge in [0, 0.05) is 23.1 Å². The fourth-order valence-corrected chi connectivity index (χ4v) is 3.86. The highest BCUT2D eigenvalue weighted by atomic mass is 14.7. The van der Waals surface area contributed by atoms with Gasteiger partial charge in [-0.1, -0.05) is 32.0 Å². The second kappa shape index (κ2) is 5.25. The van der Waals surface area contributed by atoms with Gasteiger partial charge in [-0.05, 0) is 55.1 Å². The van der Waals surface area contributed by atoms with Crippen LogP contribution in [0, 0.1) is 5.92 Å². The number of nitrogens with one attached hydrogen (secondary N) is 1. The van der Waals surface area contributed by atoms with Crippen molar-refractivity contribution in [1.82, 2.24) is 4.98 Å². The molecule has 1 heterocycles. The maximum atomic E-state index is 6.02. The van der Waals surface area contributed by atoms with Crippen molar-refractivity contribution >= 4 is 10.9 Å². The summed E-state index contributed by atoms with van der Waals surface area (Å²) in [5.74, 6) is 0.832. The lowest BCUT2D eigenvalue weighted by molar-refractivity contribution is 0.264. The number of nitrogens with two attached hydrogens (primary N) is 1. The van der Waals surface area contributed by atoms with E-state index in [0.717, 1.165) is 5.92 Å². The Kier molecular flexibility index (Phi) is 3.59. The minimum atomic E-state index is 0.228. The smallest absolute Gasteiger partial charge is 0.0457 e. The molecule has 20 heavy (non-hydrogen) atoms. The van der Waals surface area contributed by atoms with Crippen LogP contribution in [0.1, 0.15) is 51.5 Å². The molecule has 0 radical (unpaired) electrons. The average Bonchev–Trinajstić information content (AvgIpc) is 2.86. The van der Waals surface area contributed by atoms with Crippen LogP contribution < -0.4 is 5.73 Å². The number of H-pyrrole nitrogens is 1. The minimum Gasteiger partial charge on any atom is -0.361 e. The third-order valence-electron chi connectivity index (χ3n) is 5.01. The maximum absolute atomic E-state index is 6.02. The highest BCUT2D eigenvalue weighted by molar-refractivity contribution is 5.84. The number of aromatic amines is 1. The molecule has 1 aliphatic rings. The summed E-state index contributed by atoms with van der Waals surface area (Å²) < 4.78 is 0. The zero-order chi connectivity index (χ0) is 14.2.